The molecule has 97 heavy (non-hydrogen) atoms. The molecule has 0 rings (SSSR count). The van der Waals surface area contributed by atoms with Crippen molar-refractivity contribution in [2.24, 2.45) is 17.8 Å². The molecule has 0 aromatic carbocycles. The van der Waals surface area contributed by atoms with E-state index in [1.54, 1.807) is 0 Å². The van der Waals surface area contributed by atoms with E-state index in [1.165, 1.54) is 167 Å². The van der Waals surface area contributed by atoms with Gasteiger partial charge in [-0.1, -0.05) is 323 Å². The molecule has 572 valence electrons. The van der Waals surface area contributed by atoms with Crippen molar-refractivity contribution in [3.05, 3.63) is 24.3 Å². The summed E-state index contributed by atoms with van der Waals surface area (Å²) in [6.45, 7) is 11.9. The first-order valence-corrected chi connectivity index (χ1v) is 42.7. The summed E-state index contributed by atoms with van der Waals surface area (Å²) < 4.78 is 68.6. The lowest BCUT2D eigenvalue weighted by Gasteiger charge is -2.21. The minimum Gasteiger partial charge on any atom is -0.462 e. The average molecular weight is 1420 g/mol. The van der Waals surface area contributed by atoms with Crippen molar-refractivity contribution in [3.63, 3.8) is 0 Å². The third-order valence-corrected chi connectivity index (χ3v) is 19.8. The second-order valence-corrected chi connectivity index (χ2v) is 31.5. The normalized spacial score (nSPS) is 14.5. The molecule has 0 saturated heterocycles. The van der Waals surface area contributed by atoms with Gasteiger partial charge in [-0.05, 0) is 69.1 Å². The lowest BCUT2D eigenvalue weighted by molar-refractivity contribution is -0.161. The summed E-state index contributed by atoms with van der Waals surface area (Å²) in [5.41, 5.74) is 0. The fourth-order valence-corrected chi connectivity index (χ4v) is 13.0. The van der Waals surface area contributed by atoms with Gasteiger partial charge in [-0.15, -0.1) is 0 Å². The van der Waals surface area contributed by atoms with Gasteiger partial charge in [0, 0.05) is 25.7 Å². The zero-order valence-corrected chi connectivity index (χ0v) is 64.8. The van der Waals surface area contributed by atoms with Crippen LogP contribution in [0, 0.1) is 17.8 Å². The van der Waals surface area contributed by atoms with Crippen LogP contribution in [0.5, 0.6) is 0 Å². The van der Waals surface area contributed by atoms with Gasteiger partial charge in [0.15, 0.2) is 12.2 Å². The third kappa shape index (κ3) is 70.4. The lowest BCUT2D eigenvalue weighted by Crippen LogP contribution is -2.30. The van der Waals surface area contributed by atoms with E-state index in [9.17, 15) is 43.2 Å². The Labute approximate surface area is 592 Å². The monoisotopic (exact) mass is 1420 g/mol. The van der Waals surface area contributed by atoms with Crippen molar-refractivity contribution in [1.82, 2.24) is 0 Å². The Balaban J connectivity index is 5.31. The number of allylic oxidation sites excluding steroid dienone is 4. The summed E-state index contributed by atoms with van der Waals surface area (Å²) in [6, 6.07) is 0. The number of aliphatic hydroxyl groups is 1. The minimum atomic E-state index is -4.97. The van der Waals surface area contributed by atoms with Gasteiger partial charge in [0.2, 0.25) is 0 Å². The highest BCUT2D eigenvalue weighted by Crippen LogP contribution is 2.45. The Hall–Kier alpha value is -2.46. The smallest absolute Gasteiger partial charge is 0.462 e. The van der Waals surface area contributed by atoms with Gasteiger partial charge in [0.05, 0.1) is 26.4 Å². The number of carbonyl (C=O) groups excluding carboxylic acids is 4. The number of rotatable bonds is 74. The highest BCUT2D eigenvalue weighted by molar-refractivity contribution is 7.47. The number of unbranched alkanes of at least 4 members (excludes halogenated alkanes) is 38. The van der Waals surface area contributed by atoms with Crippen LogP contribution >= 0.6 is 15.6 Å². The largest absolute Gasteiger partial charge is 0.472 e. The number of aliphatic hydroxyl groups excluding tert-OH is 1. The molecule has 0 aliphatic heterocycles. The van der Waals surface area contributed by atoms with E-state index in [0.717, 1.165) is 127 Å². The Morgan fingerprint density at radius 3 is 0.918 bits per heavy atom. The Kier molecular flexibility index (Phi) is 66.3. The quantitative estimate of drug-likeness (QED) is 0.0169. The molecule has 0 aromatic heterocycles. The number of hydrogen-bond donors (Lipinski definition) is 3. The van der Waals surface area contributed by atoms with Crippen molar-refractivity contribution in [1.29, 1.82) is 0 Å². The minimum absolute atomic E-state index is 0.100. The maximum Gasteiger partial charge on any atom is 0.472 e. The van der Waals surface area contributed by atoms with Crippen molar-refractivity contribution in [3.8, 4) is 0 Å². The van der Waals surface area contributed by atoms with Gasteiger partial charge in [-0.2, -0.15) is 0 Å². The summed E-state index contributed by atoms with van der Waals surface area (Å²) in [5.74, 6) is 0.174. The maximum atomic E-state index is 13.1. The second-order valence-electron chi connectivity index (χ2n) is 28.6. The molecule has 0 amide bonds. The Morgan fingerprint density at radius 1 is 0.340 bits per heavy atom. The molecule has 0 aliphatic rings. The topological polar surface area (TPSA) is 237 Å². The van der Waals surface area contributed by atoms with Crippen molar-refractivity contribution < 1.29 is 80.2 Å². The maximum absolute atomic E-state index is 13.1. The van der Waals surface area contributed by atoms with Crippen LogP contribution in [-0.2, 0) is 65.4 Å². The van der Waals surface area contributed by atoms with E-state index in [-0.39, 0.29) is 25.7 Å². The van der Waals surface area contributed by atoms with Crippen LogP contribution in [0.25, 0.3) is 0 Å². The Morgan fingerprint density at radius 2 is 0.608 bits per heavy atom. The standard InChI is InChI=1S/C78H148O17P2/c1-8-10-11-12-13-14-15-16-17-21-24-30-38-45-52-59-75(80)88-65-73(94-77(82)61-54-47-40-31-25-22-19-18-20-23-28-35-42-49-56-69(3)4)67-92-96(84,85)90-63-72(79)64-91-97(86,87)93-68-74(66-89-76(81)60-53-46-39-34-33-37-44-51-58-71(7)9-2)95-78(83)62-55-48-41-32-27-26-29-36-43-50-57-70(5)6/h14-17,69-74,79H,8-13,18-68H2,1-7H3,(H,84,85)(H,86,87)/b15-14-,17-16-/t71?,72-,73-,74-/m1/s1. The predicted octanol–water partition coefficient (Wildman–Crippen LogP) is 22.5. The summed E-state index contributed by atoms with van der Waals surface area (Å²) in [4.78, 5) is 72.9. The van der Waals surface area contributed by atoms with E-state index in [1.807, 2.05) is 0 Å². The molecular formula is C78H148O17P2. The van der Waals surface area contributed by atoms with Crippen LogP contribution < -0.4 is 0 Å². The molecule has 0 aromatic rings. The van der Waals surface area contributed by atoms with Crippen molar-refractivity contribution >= 4 is 39.5 Å². The zero-order valence-electron chi connectivity index (χ0n) is 63.0. The molecule has 0 aliphatic carbocycles. The number of hydrogen-bond acceptors (Lipinski definition) is 15. The van der Waals surface area contributed by atoms with E-state index in [0.29, 0.717) is 25.7 Å². The van der Waals surface area contributed by atoms with Crippen LogP contribution in [0.3, 0.4) is 0 Å². The summed E-state index contributed by atoms with van der Waals surface area (Å²) in [6.07, 6.45) is 57.6. The summed E-state index contributed by atoms with van der Waals surface area (Å²) in [5, 5.41) is 10.6. The molecule has 0 bridgehead atoms. The molecule has 0 fully saturated rings. The molecule has 3 N–H and O–H groups in total. The molecule has 6 atom stereocenters. The second kappa shape index (κ2) is 68.0. The fourth-order valence-electron chi connectivity index (χ4n) is 11.4. The van der Waals surface area contributed by atoms with Gasteiger partial charge >= 0.3 is 39.5 Å². The molecule has 17 nitrogen and oxygen atoms in total. The molecular weight excluding hydrogens is 1270 g/mol. The van der Waals surface area contributed by atoms with E-state index >= 15 is 0 Å². The number of esters is 4. The van der Waals surface area contributed by atoms with E-state index in [2.05, 4.69) is 72.8 Å². The van der Waals surface area contributed by atoms with Gasteiger partial charge in [-0.3, -0.25) is 37.3 Å². The number of phosphoric ester groups is 2. The van der Waals surface area contributed by atoms with Crippen LogP contribution in [0.15, 0.2) is 24.3 Å². The third-order valence-electron chi connectivity index (χ3n) is 17.9. The molecule has 0 heterocycles. The first-order chi connectivity index (χ1) is 46.8. The van der Waals surface area contributed by atoms with Crippen molar-refractivity contribution in [2.45, 2.75) is 394 Å². The van der Waals surface area contributed by atoms with Crippen molar-refractivity contribution in [2.75, 3.05) is 39.6 Å². The summed E-state index contributed by atoms with van der Waals surface area (Å²) >= 11 is 0. The van der Waals surface area contributed by atoms with Gasteiger partial charge in [0.25, 0.3) is 0 Å². The average Bonchev–Trinajstić information content (AvgIpc) is 1.34. The van der Waals surface area contributed by atoms with Crippen LogP contribution in [-0.4, -0.2) is 96.7 Å². The fraction of sp³-hybridized carbons (Fsp3) is 0.897. The number of phosphoric acid groups is 2. The Bertz CT molecular complexity index is 1980. The highest BCUT2D eigenvalue weighted by Gasteiger charge is 2.30. The SMILES string of the molecule is CCCCCC/C=C\C=C/CCCCCCCC(=O)OC[C@H](COP(=O)(O)OC[C@@H](O)COP(=O)(O)OC[C@@H](COC(=O)CCCCCCCCCCC(C)CC)OC(=O)CCCCCCCCCCCCC(C)C)OC(=O)CCCCCCCCCCCCCCCCC(C)C. The number of carbonyl (C=O) groups is 4. The molecule has 0 spiro atoms. The van der Waals surface area contributed by atoms with E-state index in [4.69, 9.17) is 37.0 Å². The van der Waals surface area contributed by atoms with Gasteiger partial charge in [0.1, 0.15) is 19.3 Å². The van der Waals surface area contributed by atoms with Gasteiger partial charge in [-0.25, -0.2) is 9.13 Å². The molecule has 3 unspecified atom stereocenters. The summed E-state index contributed by atoms with van der Waals surface area (Å²) in [7, 11) is -9.93. The molecule has 0 radical (unpaired) electrons. The predicted molar refractivity (Wildman–Crippen MR) is 395 cm³/mol. The van der Waals surface area contributed by atoms with Crippen LogP contribution in [0.4, 0.5) is 0 Å². The highest BCUT2D eigenvalue weighted by atomic mass is 31.2. The molecule has 19 heteroatoms. The first-order valence-electron chi connectivity index (χ1n) is 39.7. The van der Waals surface area contributed by atoms with Crippen LogP contribution in [0.1, 0.15) is 376 Å². The molecule has 0 saturated carbocycles. The van der Waals surface area contributed by atoms with Crippen LogP contribution in [0.2, 0.25) is 0 Å². The number of ether oxygens (including phenoxy) is 4. The lowest BCUT2D eigenvalue weighted by atomic mass is 9.99. The van der Waals surface area contributed by atoms with Gasteiger partial charge < -0.3 is 33.8 Å². The first kappa shape index (κ1) is 94.5. The zero-order chi connectivity index (χ0) is 71.6. The van der Waals surface area contributed by atoms with E-state index < -0.39 is 97.5 Å².